The third-order valence-electron chi connectivity index (χ3n) is 3.74. The van der Waals surface area contributed by atoms with E-state index in [9.17, 15) is 14.4 Å². The highest BCUT2D eigenvalue weighted by atomic mass is 16.2. The molecule has 2 heterocycles. The Morgan fingerprint density at radius 2 is 2.00 bits per heavy atom. The fourth-order valence-corrected chi connectivity index (χ4v) is 2.72. The Balaban J connectivity index is 2.09. The number of carbonyl (C=O) groups is 2. The summed E-state index contributed by atoms with van der Waals surface area (Å²) in [6.45, 7) is 0.460. The van der Waals surface area contributed by atoms with Crippen LogP contribution in [0.4, 0.5) is 0 Å². The Morgan fingerprint density at radius 3 is 2.71 bits per heavy atom. The number of rotatable bonds is 2. The molecule has 0 spiro atoms. The van der Waals surface area contributed by atoms with Gasteiger partial charge < -0.3 is 10.6 Å². The summed E-state index contributed by atoms with van der Waals surface area (Å²) in [5.74, 6) is -0.904. The molecule has 0 aliphatic carbocycles. The minimum absolute atomic E-state index is 0.137. The number of nitrogens with two attached hydrogens (primary N) is 1. The zero-order chi connectivity index (χ0) is 15.0. The van der Waals surface area contributed by atoms with E-state index in [-0.39, 0.29) is 17.2 Å². The van der Waals surface area contributed by atoms with Gasteiger partial charge in [0.05, 0.1) is 5.39 Å². The van der Waals surface area contributed by atoms with Crippen molar-refractivity contribution in [1.29, 1.82) is 0 Å². The summed E-state index contributed by atoms with van der Waals surface area (Å²) in [6.07, 6.45) is 1.28. The number of nitrogens with one attached hydrogen (secondary N) is 1. The normalized spacial score (nSPS) is 18.1. The minimum Gasteiger partial charge on any atom is -0.368 e. The molecule has 21 heavy (non-hydrogen) atoms. The molecule has 0 bridgehead atoms. The van der Waals surface area contributed by atoms with Crippen molar-refractivity contribution >= 4 is 22.6 Å². The van der Waals surface area contributed by atoms with Gasteiger partial charge in [-0.1, -0.05) is 18.2 Å². The van der Waals surface area contributed by atoms with Gasteiger partial charge in [0.2, 0.25) is 5.91 Å². The smallest absolute Gasteiger partial charge is 0.275 e. The van der Waals surface area contributed by atoms with Crippen molar-refractivity contribution in [3.05, 3.63) is 40.3 Å². The first-order valence-electron chi connectivity index (χ1n) is 6.67. The number of likely N-dealkylation sites (tertiary alicyclic amines) is 1. The fourth-order valence-electron chi connectivity index (χ4n) is 2.72. The van der Waals surface area contributed by atoms with Gasteiger partial charge in [0.1, 0.15) is 6.04 Å². The van der Waals surface area contributed by atoms with E-state index in [1.165, 1.54) is 4.90 Å². The van der Waals surface area contributed by atoms with E-state index in [0.717, 1.165) is 6.42 Å². The molecule has 3 N–H and O–H groups in total. The molecule has 2 aromatic rings. The first kappa shape index (κ1) is 13.3. The average molecular weight is 286 g/mol. The van der Waals surface area contributed by atoms with Crippen LogP contribution in [0.1, 0.15) is 23.3 Å². The van der Waals surface area contributed by atoms with Crippen LogP contribution in [0.2, 0.25) is 0 Å². The van der Waals surface area contributed by atoms with E-state index >= 15 is 0 Å². The first-order valence-corrected chi connectivity index (χ1v) is 6.67. The number of amides is 2. The highest BCUT2D eigenvalue weighted by Gasteiger charge is 2.34. The lowest BCUT2D eigenvalue weighted by molar-refractivity contribution is -0.121. The largest absolute Gasteiger partial charge is 0.368 e. The van der Waals surface area contributed by atoms with Crippen LogP contribution < -0.4 is 11.3 Å². The quantitative estimate of drug-likeness (QED) is 0.810. The van der Waals surface area contributed by atoms with Crippen LogP contribution in [0.5, 0.6) is 0 Å². The van der Waals surface area contributed by atoms with Gasteiger partial charge in [-0.05, 0) is 18.9 Å². The Morgan fingerprint density at radius 1 is 1.29 bits per heavy atom. The summed E-state index contributed by atoms with van der Waals surface area (Å²) in [7, 11) is 0. The average Bonchev–Trinajstić information content (AvgIpc) is 2.97. The van der Waals surface area contributed by atoms with Crippen molar-refractivity contribution in [3.8, 4) is 0 Å². The third-order valence-corrected chi connectivity index (χ3v) is 3.74. The maximum atomic E-state index is 12.6. The molecule has 7 heteroatoms. The van der Waals surface area contributed by atoms with E-state index in [4.69, 9.17) is 5.73 Å². The van der Waals surface area contributed by atoms with E-state index < -0.39 is 11.9 Å². The van der Waals surface area contributed by atoms with E-state index in [2.05, 4.69) is 10.2 Å². The van der Waals surface area contributed by atoms with E-state index in [1.807, 2.05) is 0 Å². The van der Waals surface area contributed by atoms with Crippen molar-refractivity contribution in [2.75, 3.05) is 6.54 Å². The first-order chi connectivity index (χ1) is 10.1. The molecule has 7 nitrogen and oxygen atoms in total. The molecule has 2 amide bonds. The molecule has 108 valence electrons. The van der Waals surface area contributed by atoms with Gasteiger partial charge in [-0.3, -0.25) is 14.4 Å². The summed E-state index contributed by atoms with van der Waals surface area (Å²) >= 11 is 0. The Bertz CT molecular complexity index is 783. The molecule has 0 saturated carbocycles. The van der Waals surface area contributed by atoms with Gasteiger partial charge in [0.15, 0.2) is 5.69 Å². The Kier molecular flexibility index (Phi) is 3.17. The Labute approximate surface area is 119 Å². The number of H-pyrrole nitrogens is 1. The molecule has 1 aliphatic rings. The number of hydrogen-bond donors (Lipinski definition) is 2. The van der Waals surface area contributed by atoms with Gasteiger partial charge in [0.25, 0.3) is 11.5 Å². The summed E-state index contributed by atoms with van der Waals surface area (Å²) in [5.41, 5.74) is 5.12. The molecule has 3 rings (SSSR count). The number of aromatic nitrogens is 2. The second kappa shape index (κ2) is 5.01. The molecule has 1 atom stereocenters. The van der Waals surface area contributed by atoms with Crippen LogP contribution in [-0.2, 0) is 4.79 Å². The molecule has 1 saturated heterocycles. The van der Waals surface area contributed by atoms with Crippen LogP contribution in [0.25, 0.3) is 10.8 Å². The lowest BCUT2D eigenvalue weighted by Gasteiger charge is -2.22. The maximum Gasteiger partial charge on any atom is 0.275 e. The molecule has 1 fully saturated rings. The number of hydrogen-bond acceptors (Lipinski definition) is 4. The second-order valence-corrected chi connectivity index (χ2v) is 5.01. The highest BCUT2D eigenvalue weighted by molar-refractivity contribution is 6.06. The van der Waals surface area contributed by atoms with Gasteiger partial charge in [-0.25, -0.2) is 5.10 Å². The van der Waals surface area contributed by atoms with Gasteiger partial charge in [-0.2, -0.15) is 5.10 Å². The molecular weight excluding hydrogens is 272 g/mol. The van der Waals surface area contributed by atoms with Crippen LogP contribution in [-0.4, -0.2) is 39.5 Å². The van der Waals surface area contributed by atoms with E-state index in [0.29, 0.717) is 23.7 Å². The van der Waals surface area contributed by atoms with Gasteiger partial charge >= 0.3 is 0 Å². The predicted octanol–water partition coefficient (Wildman–Crippen LogP) is 0.0130. The van der Waals surface area contributed by atoms with Crippen molar-refractivity contribution < 1.29 is 9.59 Å². The monoisotopic (exact) mass is 286 g/mol. The minimum atomic E-state index is -0.606. The van der Waals surface area contributed by atoms with Crippen LogP contribution in [0.3, 0.4) is 0 Å². The Hall–Kier alpha value is -2.70. The topological polar surface area (TPSA) is 109 Å². The summed E-state index contributed by atoms with van der Waals surface area (Å²) in [5, 5.41) is 7.05. The molecular formula is C14H14N4O3. The number of benzene rings is 1. The third kappa shape index (κ3) is 2.16. The second-order valence-electron chi connectivity index (χ2n) is 5.01. The number of nitrogens with zero attached hydrogens (tertiary/aromatic N) is 2. The van der Waals surface area contributed by atoms with Crippen molar-refractivity contribution in [2.24, 2.45) is 5.73 Å². The van der Waals surface area contributed by atoms with Crippen LogP contribution in [0.15, 0.2) is 29.1 Å². The molecule has 1 aromatic heterocycles. The van der Waals surface area contributed by atoms with Gasteiger partial charge in [-0.15, -0.1) is 0 Å². The molecule has 0 radical (unpaired) electrons. The van der Waals surface area contributed by atoms with Crippen molar-refractivity contribution in [2.45, 2.75) is 18.9 Å². The summed E-state index contributed by atoms with van der Waals surface area (Å²) in [6, 6.07) is 6.14. The van der Waals surface area contributed by atoms with Crippen LogP contribution in [0, 0.1) is 0 Å². The van der Waals surface area contributed by atoms with E-state index in [1.54, 1.807) is 24.3 Å². The van der Waals surface area contributed by atoms with Gasteiger partial charge in [0, 0.05) is 11.9 Å². The predicted molar refractivity (Wildman–Crippen MR) is 75.6 cm³/mol. The fraction of sp³-hybridized carbons (Fsp3) is 0.286. The lowest BCUT2D eigenvalue weighted by atomic mass is 10.1. The molecule has 1 aromatic carbocycles. The number of carbonyl (C=O) groups excluding carboxylic acids is 2. The van der Waals surface area contributed by atoms with Crippen molar-refractivity contribution in [3.63, 3.8) is 0 Å². The number of primary amides is 1. The molecule has 1 aliphatic heterocycles. The number of aromatic amines is 1. The zero-order valence-electron chi connectivity index (χ0n) is 11.2. The SMILES string of the molecule is NC(=O)C1CCCN1C(=O)c1n[nH]c(=O)c2ccccc12. The number of fused-ring (bicyclic) bond motifs is 1. The summed E-state index contributed by atoms with van der Waals surface area (Å²) in [4.78, 5) is 37.2. The van der Waals surface area contributed by atoms with Crippen LogP contribution >= 0.6 is 0 Å². The zero-order valence-corrected chi connectivity index (χ0v) is 11.2. The summed E-state index contributed by atoms with van der Waals surface area (Å²) < 4.78 is 0. The highest BCUT2D eigenvalue weighted by Crippen LogP contribution is 2.21. The molecule has 1 unspecified atom stereocenters. The standard InChI is InChI=1S/C14H14N4O3/c15-12(19)10-6-3-7-18(10)14(21)11-8-4-1-2-5-9(8)13(20)17-16-11/h1-2,4-5,10H,3,6-7H2,(H2,15,19)(H,17,20). The maximum absolute atomic E-state index is 12.6. The lowest BCUT2D eigenvalue weighted by Crippen LogP contribution is -2.44. The van der Waals surface area contributed by atoms with Crippen molar-refractivity contribution in [1.82, 2.24) is 15.1 Å².